The lowest BCUT2D eigenvalue weighted by Crippen LogP contribution is -2.13. The number of aromatic nitrogens is 1. The maximum atomic E-state index is 13.7. The molecule has 4 rings (SSSR count). The summed E-state index contributed by atoms with van der Waals surface area (Å²) in [5, 5.41) is 9.88. The van der Waals surface area contributed by atoms with E-state index in [0.717, 1.165) is 23.6 Å². The zero-order valence-electron chi connectivity index (χ0n) is 17.8. The SMILES string of the molecule is Cc1cc2c(CC(=O)O)cccc2n1C(=O)c1ccc(OCCc2cc(F)ccc2F)cc1. The van der Waals surface area contributed by atoms with Crippen LogP contribution in [-0.4, -0.2) is 28.2 Å². The predicted molar refractivity (Wildman–Crippen MR) is 120 cm³/mol. The number of ether oxygens (including phenoxy) is 1. The first-order chi connectivity index (χ1) is 15.8. The van der Waals surface area contributed by atoms with E-state index in [1.807, 2.05) is 6.07 Å². The molecule has 168 valence electrons. The van der Waals surface area contributed by atoms with Crippen LogP contribution >= 0.6 is 0 Å². The van der Waals surface area contributed by atoms with Crippen molar-refractivity contribution in [3.05, 3.63) is 101 Å². The Labute approximate surface area is 188 Å². The minimum Gasteiger partial charge on any atom is -0.493 e. The first-order valence-electron chi connectivity index (χ1n) is 10.4. The second-order valence-corrected chi connectivity index (χ2v) is 7.71. The molecule has 0 saturated carbocycles. The number of rotatable bonds is 7. The van der Waals surface area contributed by atoms with Crippen LogP contribution in [0.4, 0.5) is 8.78 Å². The molecule has 0 fully saturated rings. The van der Waals surface area contributed by atoms with Crippen LogP contribution in [0.5, 0.6) is 5.75 Å². The van der Waals surface area contributed by atoms with E-state index in [2.05, 4.69) is 0 Å². The van der Waals surface area contributed by atoms with Gasteiger partial charge in [0.15, 0.2) is 0 Å². The highest BCUT2D eigenvalue weighted by atomic mass is 19.1. The molecule has 33 heavy (non-hydrogen) atoms. The maximum absolute atomic E-state index is 13.7. The standard InChI is InChI=1S/C26H21F2NO4/c1-16-13-22-18(15-25(30)31)3-2-4-24(22)29(16)26(32)17-5-8-21(9-6-17)33-12-11-19-14-20(27)7-10-23(19)28/h2-10,13-14H,11-12,15H2,1H3,(H,30,31). The molecule has 0 amide bonds. The zero-order chi connectivity index (χ0) is 23.5. The van der Waals surface area contributed by atoms with Gasteiger partial charge in [-0.25, -0.2) is 8.78 Å². The number of hydrogen-bond donors (Lipinski definition) is 1. The Morgan fingerprint density at radius 1 is 0.970 bits per heavy atom. The molecule has 0 aliphatic rings. The van der Waals surface area contributed by atoms with E-state index in [-0.39, 0.29) is 30.9 Å². The molecule has 3 aromatic carbocycles. The molecular weight excluding hydrogens is 428 g/mol. The summed E-state index contributed by atoms with van der Waals surface area (Å²) in [4.78, 5) is 24.3. The normalized spacial score (nSPS) is 11.0. The van der Waals surface area contributed by atoms with Gasteiger partial charge < -0.3 is 9.84 Å². The number of aliphatic carboxylic acids is 1. The van der Waals surface area contributed by atoms with Crippen LogP contribution in [0.2, 0.25) is 0 Å². The van der Waals surface area contributed by atoms with Gasteiger partial charge in [0.1, 0.15) is 17.4 Å². The van der Waals surface area contributed by atoms with Crippen LogP contribution in [0.25, 0.3) is 10.9 Å². The highest BCUT2D eigenvalue weighted by Crippen LogP contribution is 2.25. The first-order valence-corrected chi connectivity index (χ1v) is 10.4. The van der Waals surface area contributed by atoms with Gasteiger partial charge in [0.05, 0.1) is 18.5 Å². The lowest BCUT2D eigenvalue weighted by molar-refractivity contribution is -0.136. The van der Waals surface area contributed by atoms with Crippen LogP contribution in [-0.2, 0) is 17.6 Å². The minimum atomic E-state index is -0.935. The lowest BCUT2D eigenvalue weighted by Gasteiger charge is -2.10. The molecule has 0 aliphatic heterocycles. The number of aryl methyl sites for hydroxylation is 1. The minimum absolute atomic E-state index is 0.124. The fraction of sp³-hybridized carbons (Fsp3) is 0.154. The molecule has 0 bridgehead atoms. The van der Waals surface area contributed by atoms with E-state index in [1.54, 1.807) is 54.0 Å². The van der Waals surface area contributed by atoms with E-state index in [4.69, 9.17) is 9.84 Å². The molecule has 1 aromatic heterocycles. The zero-order valence-corrected chi connectivity index (χ0v) is 17.8. The Balaban J connectivity index is 1.49. The van der Waals surface area contributed by atoms with Gasteiger partial charge in [-0.3, -0.25) is 14.2 Å². The summed E-state index contributed by atoms with van der Waals surface area (Å²) in [7, 11) is 0. The van der Waals surface area contributed by atoms with Crippen molar-refractivity contribution in [2.75, 3.05) is 6.61 Å². The van der Waals surface area contributed by atoms with Crippen molar-refractivity contribution in [1.82, 2.24) is 4.57 Å². The van der Waals surface area contributed by atoms with Gasteiger partial charge in [-0.2, -0.15) is 0 Å². The number of carboxylic acids is 1. The van der Waals surface area contributed by atoms with Gasteiger partial charge in [0, 0.05) is 23.1 Å². The average Bonchev–Trinajstić information content (AvgIpc) is 3.12. The maximum Gasteiger partial charge on any atom is 0.307 e. The van der Waals surface area contributed by atoms with Crippen molar-refractivity contribution in [2.24, 2.45) is 0 Å². The number of nitrogens with zero attached hydrogens (tertiary/aromatic N) is 1. The number of carbonyl (C=O) groups excluding carboxylic acids is 1. The fourth-order valence-corrected chi connectivity index (χ4v) is 3.85. The summed E-state index contributed by atoms with van der Waals surface area (Å²) in [6, 6.07) is 16.9. The highest BCUT2D eigenvalue weighted by molar-refractivity contribution is 6.04. The molecule has 0 atom stereocenters. The molecule has 0 saturated heterocycles. The summed E-state index contributed by atoms with van der Waals surface area (Å²) < 4.78 is 34.2. The van der Waals surface area contributed by atoms with E-state index in [9.17, 15) is 18.4 Å². The second-order valence-electron chi connectivity index (χ2n) is 7.71. The van der Waals surface area contributed by atoms with Crippen LogP contribution in [0.15, 0.2) is 66.7 Å². The van der Waals surface area contributed by atoms with Crippen molar-refractivity contribution >= 4 is 22.8 Å². The molecule has 1 heterocycles. The number of benzene rings is 3. The van der Waals surface area contributed by atoms with Gasteiger partial charge in [-0.1, -0.05) is 12.1 Å². The number of halogens is 2. The van der Waals surface area contributed by atoms with Crippen LogP contribution in [0.3, 0.4) is 0 Å². The number of carbonyl (C=O) groups is 2. The Bertz CT molecular complexity index is 1340. The monoisotopic (exact) mass is 449 g/mol. The Kier molecular flexibility index (Phi) is 6.22. The average molecular weight is 449 g/mol. The third kappa shape index (κ3) is 4.77. The molecule has 5 nitrogen and oxygen atoms in total. The Hall–Kier alpha value is -4.00. The summed E-state index contributed by atoms with van der Waals surface area (Å²) in [5.41, 5.74) is 2.66. The van der Waals surface area contributed by atoms with E-state index < -0.39 is 17.6 Å². The largest absolute Gasteiger partial charge is 0.493 e. The van der Waals surface area contributed by atoms with E-state index >= 15 is 0 Å². The molecule has 4 aromatic rings. The third-order valence-corrected chi connectivity index (χ3v) is 5.41. The number of fused-ring (bicyclic) bond motifs is 1. The van der Waals surface area contributed by atoms with E-state index in [1.165, 1.54) is 0 Å². The smallest absolute Gasteiger partial charge is 0.307 e. The van der Waals surface area contributed by atoms with Crippen molar-refractivity contribution in [2.45, 2.75) is 19.8 Å². The second kappa shape index (κ2) is 9.24. The number of hydrogen-bond acceptors (Lipinski definition) is 3. The van der Waals surface area contributed by atoms with Crippen LogP contribution in [0, 0.1) is 18.6 Å². The first kappa shape index (κ1) is 22.2. The molecule has 7 heteroatoms. The summed E-state index contributed by atoms with van der Waals surface area (Å²) in [6.07, 6.45) is 0.0814. The summed E-state index contributed by atoms with van der Waals surface area (Å²) >= 11 is 0. The van der Waals surface area contributed by atoms with Crippen LogP contribution in [0.1, 0.15) is 27.2 Å². The van der Waals surface area contributed by atoms with Gasteiger partial charge in [-0.05, 0) is 72.6 Å². The van der Waals surface area contributed by atoms with Gasteiger partial charge >= 0.3 is 5.97 Å². The molecule has 1 N–H and O–H groups in total. The van der Waals surface area contributed by atoms with Crippen molar-refractivity contribution in [3.8, 4) is 5.75 Å². The van der Waals surface area contributed by atoms with E-state index in [0.29, 0.717) is 28.1 Å². The summed E-state index contributed by atoms with van der Waals surface area (Å²) in [6.45, 7) is 1.95. The predicted octanol–water partition coefficient (Wildman–Crippen LogP) is 5.17. The van der Waals surface area contributed by atoms with Crippen molar-refractivity contribution in [3.63, 3.8) is 0 Å². The highest BCUT2D eigenvalue weighted by Gasteiger charge is 2.17. The molecular formula is C26H21F2NO4. The fourth-order valence-electron chi connectivity index (χ4n) is 3.85. The van der Waals surface area contributed by atoms with Crippen molar-refractivity contribution in [1.29, 1.82) is 0 Å². The lowest BCUT2D eigenvalue weighted by atomic mass is 10.1. The molecule has 0 aliphatic carbocycles. The van der Waals surface area contributed by atoms with Gasteiger partial charge in [0.2, 0.25) is 0 Å². The summed E-state index contributed by atoms with van der Waals surface area (Å²) in [5.74, 6) is -1.67. The topological polar surface area (TPSA) is 68.5 Å². The number of carboxylic acid groups (broad SMARTS) is 1. The third-order valence-electron chi connectivity index (χ3n) is 5.41. The van der Waals surface area contributed by atoms with Gasteiger partial charge in [0.25, 0.3) is 5.91 Å². The van der Waals surface area contributed by atoms with Crippen LogP contribution < -0.4 is 4.74 Å². The van der Waals surface area contributed by atoms with Gasteiger partial charge in [-0.15, -0.1) is 0 Å². The molecule has 0 spiro atoms. The van der Waals surface area contributed by atoms with Crippen molar-refractivity contribution < 1.29 is 28.2 Å². The Morgan fingerprint density at radius 2 is 1.73 bits per heavy atom. The molecule has 0 radical (unpaired) electrons. The Morgan fingerprint density at radius 3 is 2.45 bits per heavy atom. The molecule has 0 unspecified atom stereocenters. The quantitative estimate of drug-likeness (QED) is 0.423.